The molecular formula is C28H28F4N6O3S. The van der Waals surface area contributed by atoms with Crippen LogP contribution in [0, 0.1) is 12.7 Å². The van der Waals surface area contributed by atoms with Gasteiger partial charge in [-0.05, 0) is 62.2 Å². The number of hydrogen-bond acceptors (Lipinski definition) is 8. The molecule has 0 aliphatic carbocycles. The summed E-state index contributed by atoms with van der Waals surface area (Å²) in [5.41, 5.74) is 1.26. The number of rotatable bonds is 9. The Balaban J connectivity index is 1.48. The Morgan fingerprint density at radius 1 is 1.07 bits per heavy atom. The number of piperidine rings is 1. The number of fused-ring (bicyclic) bond motifs is 1. The van der Waals surface area contributed by atoms with Crippen LogP contribution in [0.25, 0.3) is 22.0 Å². The van der Waals surface area contributed by atoms with Crippen LogP contribution >= 0.6 is 0 Å². The lowest BCUT2D eigenvalue weighted by Gasteiger charge is -2.23. The van der Waals surface area contributed by atoms with Gasteiger partial charge in [0.15, 0.2) is 0 Å². The van der Waals surface area contributed by atoms with Gasteiger partial charge in [-0.2, -0.15) is 13.2 Å². The van der Waals surface area contributed by atoms with Crippen molar-refractivity contribution in [3.8, 4) is 22.9 Å². The average molecular weight is 605 g/mol. The smallest absolute Gasteiger partial charge is 0.390 e. The van der Waals surface area contributed by atoms with E-state index in [2.05, 4.69) is 25.6 Å². The number of benzene rings is 2. The number of anilines is 2. The van der Waals surface area contributed by atoms with Crippen LogP contribution in [0.4, 0.5) is 29.2 Å². The van der Waals surface area contributed by atoms with E-state index >= 15 is 0 Å². The highest BCUT2D eigenvalue weighted by Crippen LogP contribution is 2.40. The molecule has 3 heterocycles. The van der Waals surface area contributed by atoms with Crippen molar-refractivity contribution in [3.05, 3.63) is 66.2 Å². The molecule has 0 spiro atoms. The molecule has 0 amide bonds. The van der Waals surface area contributed by atoms with Crippen molar-refractivity contribution in [2.24, 2.45) is 0 Å². The van der Waals surface area contributed by atoms with Gasteiger partial charge < -0.3 is 15.4 Å². The fourth-order valence-corrected chi connectivity index (χ4v) is 5.78. The van der Waals surface area contributed by atoms with Crippen molar-refractivity contribution in [3.63, 3.8) is 0 Å². The van der Waals surface area contributed by atoms with Crippen molar-refractivity contribution < 1.29 is 30.7 Å². The van der Waals surface area contributed by atoms with Gasteiger partial charge >= 0.3 is 6.18 Å². The van der Waals surface area contributed by atoms with E-state index in [0.717, 1.165) is 32.0 Å². The van der Waals surface area contributed by atoms with E-state index in [1.165, 1.54) is 18.3 Å². The van der Waals surface area contributed by atoms with Crippen LogP contribution in [-0.2, 0) is 10.0 Å². The molecule has 42 heavy (non-hydrogen) atoms. The summed E-state index contributed by atoms with van der Waals surface area (Å²) in [5.74, 6) is -1.28. The highest BCUT2D eigenvalue weighted by molar-refractivity contribution is 7.92. The molecule has 1 aliphatic heterocycles. The Labute approximate surface area is 239 Å². The van der Waals surface area contributed by atoms with E-state index in [1.54, 1.807) is 37.4 Å². The number of sulfonamides is 1. The molecule has 3 N–H and O–H groups in total. The fraction of sp³-hybridized carbons (Fsp3) is 0.321. The van der Waals surface area contributed by atoms with Crippen LogP contribution in [0.1, 0.15) is 24.8 Å². The number of aromatic nitrogens is 3. The van der Waals surface area contributed by atoms with Crippen LogP contribution < -0.4 is 20.1 Å². The first-order chi connectivity index (χ1) is 20.0. The molecule has 1 aliphatic rings. The second-order valence-electron chi connectivity index (χ2n) is 9.93. The van der Waals surface area contributed by atoms with Gasteiger partial charge in [-0.25, -0.2) is 27.8 Å². The third kappa shape index (κ3) is 7.05. The summed E-state index contributed by atoms with van der Waals surface area (Å²) in [6.07, 6.45) is -1.05. The van der Waals surface area contributed by atoms with Crippen LogP contribution in [0.15, 0.2) is 54.9 Å². The number of ether oxygens (including phenoxy) is 1. The molecule has 222 valence electrons. The zero-order valence-corrected chi connectivity index (χ0v) is 23.3. The Morgan fingerprint density at radius 2 is 1.88 bits per heavy atom. The molecule has 1 saturated heterocycles. The minimum absolute atomic E-state index is 0.110. The fourth-order valence-electron chi connectivity index (χ4n) is 4.66. The number of aryl methyl sites for hydroxylation is 1. The number of hydrogen-bond donors (Lipinski definition) is 3. The van der Waals surface area contributed by atoms with Gasteiger partial charge in [0.05, 0.1) is 29.1 Å². The maximum atomic E-state index is 14.8. The highest BCUT2D eigenvalue weighted by atomic mass is 32.2. The molecule has 1 atom stereocenters. The maximum absolute atomic E-state index is 14.8. The van der Waals surface area contributed by atoms with Crippen LogP contribution in [-0.4, -0.2) is 54.4 Å². The van der Waals surface area contributed by atoms with Crippen molar-refractivity contribution >= 4 is 32.4 Å². The average Bonchev–Trinajstić information content (AvgIpc) is 2.95. The number of nitrogens with zero attached hydrogens (tertiary/aromatic N) is 3. The van der Waals surface area contributed by atoms with Crippen LogP contribution in [0.2, 0.25) is 0 Å². The first kappa shape index (κ1) is 29.5. The highest BCUT2D eigenvalue weighted by Gasteiger charge is 2.30. The SMILES string of the molecule is Cc1ccc2c(NS(=O)(=O)CCC(F)(F)F)c(F)ccc2c1Oc1ncccc1-c1ccnc(N[C@H]2CCCNC2)n1. The minimum Gasteiger partial charge on any atom is -0.437 e. The summed E-state index contributed by atoms with van der Waals surface area (Å²) in [5, 5.41) is 7.12. The lowest BCUT2D eigenvalue weighted by molar-refractivity contribution is -0.129. The zero-order chi connectivity index (χ0) is 29.9. The number of halogens is 4. The molecule has 5 rings (SSSR count). The largest absolute Gasteiger partial charge is 0.437 e. The molecule has 0 radical (unpaired) electrons. The van der Waals surface area contributed by atoms with Gasteiger partial charge in [-0.15, -0.1) is 0 Å². The Morgan fingerprint density at radius 3 is 2.64 bits per heavy atom. The topological polar surface area (TPSA) is 118 Å². The van der Waals surface area contributed by atoms with E-state index in [9.17, 15) is 26.0 Å². The summed E-state index contributed by atoms with van der Waals surface area (Å²) >= 11 is 0. The summed E-state index contributed by atoms with van der Waals surface area (Å²) in [6.45, 7) is 3.52. The van der Waals surface area contributed by atoms with Crippen molar-refractivity contribution in [1.29, 1.82) is 0 Å². The molecule has 2 aromatic heterocycles. The van der Waals surface area contributed by atoms with Gasteiger partial charge in [0.1, 0.15) is 11.6 Å². The van der Waals surface area contributed by atoms with Gasteiger partial charge in [0.2, 0.25) is 21.9 Å². The molecule has 0 unspecified atom stereocenters. The second-order valence-corrected chi connectivity index (χ2v) is 11.8. The summed E-state index contributed by atoms with van der Waals surface area (Å²) in [6, 6.07) is 10.9. The van der Waals surface area contributed by atoms with E-state index in [1.807, 2.05) is 4.72 Å². The van der Waals surface area contributed by atoms with Crippen molar-refractivity contribution in [1.82, 2.24) is 20.3 Å². The third-order valence-corrected chi connectivity index (χ3v) is 8.00. The molecule has 9 nitrogen and oxygen atoms in total. The number of nitrogens with one attached hydrogen (secondary N) is 3. The van der Waals surface area contributed by atoms with E-state index in [-0.39, 0.29) is 23.1 Å². The molecule has 4 aromatic rings. The molecule has 2 aromatic carbocycles. The van der Waals surface area contributed by atoms with Gasteiger partial charge in [0, 0.05) is 35.8 Å². The third-order valence-electron chi connectivity index (χ3n) is 6.74. The molecule has 0 bridgehead atoms. The standard InChI is InChI=1S/C28H28F4N6O3S/c1-17-6-7-19-20(8-9-22(29)24(19)38-42(39,40)15-11-28(30,31)32)25(17)41-26-21(5-3-13-34-26)23-10-14-35-27(37-23)36-18-4-2-12-33-16-18/h3,5-10,13-14,18,33,38H,2,4,11-12,15-16H2,1H3,(H,35,36,37)/t18-/m0/s1. The molecule has 1 fully saturated rings. The van der Waals surface area contributed by atoms with E-state index in [0.29, 0.717) is 28.2 Å². The number of alkyl halides is 3. The van der Waals surface area contributed by atoms with Gasteiger partial charge in [0.25, 0.3) is 0 Å². The number of pyridine rings is 1. The lowest BCUT2D eigenvalue weighted by Crippen LogP contribution is -2.38. The summed E-state index contributed by atoms with van der Waals surface area (Å²) in [7, 11) is -4.51. The zero-order valence-electron chi connectivity index (χ0n) is 22.5. The van der Waals surface area contributed by atoms with E-state index in [4.69, 9.17) is 4.74 Å². The lowest BCUT2D eigenvalue weighted by atomic mass is 10.0. The second kappa shape index (κ2) is 12.1. The quantitative estimate of drug-likeness (QED) is 0.206. The summed E-state index contributed by atoms with van der Waals surface area (Å²) in [4.78, 5) is 13.4. The predicted octanol–water partition coefficient (Wildman–Crippen LogP) is 5.79. The predicted molar refractivity (Wildman–Crippen MR) is 152 cm³/mol. The molecular weight excluding hydrogens is 576 g/mol. The van der Waals surface area contributed by atoms with Crippen LogP contribution in [0.3, 0.4) is 0 Å². The minimum atomic E-state index is -4.68. The Kier molecular flexibility index (Phi) is 8.45. The van der Waals surface area contributed by atoms with Crippen molar-refractivity contribution in [2.45, 2.75) is 38.4 Å². The monoisotopic (exact) mass is 604 g/mol. The summed E-state index contributed by atoms with van der Waals surface area (Å²) < 4.78 is 85.8. The van der Waals surface area contributed by atoms with Gasteiger partial charge in [-0.1, -0.05) is 12.1 Å². The Hall–Kier alpha value is -4.04. The van der Waals surface area contributed by atoms with Gasteiger partial charge in [-0.3, -0.25) is 4.72 Å². The van der Waals surface area contributed by atoms with Crippen molar-refractivity contribution in [2.75, 3.05) is 28.9 Å². The first-order valence-corrected chi connectivity index (χ1v) is 14.9. The Bertz CT molecular complexity index is 1700. The first-order valence-electron chi connectivity index (χ1n) is 13.2. The van der Waals surface area contributed by atoms with Crippen LogP contribution in [0.5, 0.6) is 11.6 Å². The molecule has 14 heteroatoms. The normalized spacial score (nSPS) is 15.9. The molecule has 0 saturated carbocycles. The van der Waals surface area contributed by atoms with E-state index < -0.39 is 39.9 Å². The maximum Gasteiger partial charge on any atom is 0.390 e.